The number of carboxylic acids is 2. The number of benzene rings is 1. The van der Waals surface area contributed by atoms with Gasteiger partial charge in [0, 0.05) is 23.2 Å². The summed E-state index contributed by atoms with van der Waals surface area (Å²) < 4.78 is 0. The van der Waals surface area contributed by atoms with Crippen LogP contribution in [0.5, 0.6) is 0 Å². The fourth-order valence-corrected chi connectivity index (χ4v) is 3.37. The lowest BCUT2D eigenvalue weighted by molar-refractivity contribution is -0.138. The van der Waals surface area contributed by atoms with E-state index in [0.29, 0.717) is 22.0 Å². The Balaban J connectivity index is 2.69. The van der Waals surface area contributed by atoms with E-state index >= 15 is 0 Å². The Morgan fingerprint density at radius 1 is 1.22 bits per heavy atom. The molecule has 1 heterocycles. The molecule has 5 nitrogen and oxygen atoms in total. The zero-order chi connectivity index (χ0) is 17.3. The number of carbonyl (C=O) groups is 2. The zero-order valence-corrected chi connectivity index (χ0v) is 14.0. The second kappa shape index (κ2) is 6.72. The van der Waals surface area contributed by atoms with Crippen LogP contribution >= 0.6 is 23.2 Å². The van der Waals surface area contributed by atoms with Crippen LogP contribution in [0.3, 0.4) is 0 Å². The van der Waals surface area contributed by atoms with Gasteiger partial charge < -0.3 is 10.2 Å². The van der Waals surface area contributed by atoms with Gasteiger partial charge in [-0.15, -0.1) is 0 Å². The first-order valence-corrected chi connectivity index (χ1v) is 7.64. The fraction of sp³-hybridized carbons (Fsp3) is 0.312. The quantitative estimate of drug-likeness (QED) is 0.854. The number of nitrogens with zero attached hydrogens (tertiary/aromatic N) is 1. The Kier molecular flexibility index (Phi) is 5.12. The number of allylic oxidation sites excluding steroid dienone is 1. The summed E-state index contributed by atoms with van der Waals surface area (Å²) in [6.45, 7) is 3.29. The topological polar surface area (TPSA) is 87.0 Å². The zero-order valence-electron chi connectivity index (χ0n) is 12.5. The summed E-state index contributed by atoms with van der Waals surface area (Å²) in [6.07, 6.45) is -0.243. The van der Waals surface area contributed by atoms with Gasteiger partial charge in [-0.25, -0.2) is 4.79 Å². The van der Waals surface area contributed by atoms with E-state index in [0.717, 1.165) is 0 Å². The van der Waals surface area contributed by atoms with E-state index in [-0.39, 0.29) is 17.0 Å². The van der Waals surface area contributed by atoms with Crippen LogP contribution in [0.4, 0.5) is 0 Å². The number of carboxylic acid groups (broad SMARTS) is 2. The third kappa shape index (κ3) is 3.41. The van der Waals surface area contributed by atoms with Gasteiger partial charge in [0.05, 0.1) is 22.0 Å². The van der Waals surface area contributed by atoms with Crippen molar-refractivity contribution in [2.45, 2.75) is 26.2 Å². The van der Waals surface area contributed by atoms with Crippen molar-refractivity contribution in [3.63, 3.8) is 0 Å². The molecular weight excluding hydrogens is 341 g/mol. The van der Waals surface area contributed by atoms with Gasteiger partial charge >= 0.3 is 11.9 Å². The van der Waals surface area contributed by atoms with Crippen molar-refractivity contribution < 1.29 is 19.8 Å². The number of aliphatic imine (C=N–C) groups is 1. The fourth-order valence-electron chi connectivity index (χ4n) is 2.95. The third-order valence-electron chi connectivity index (χ3n) is 3.93. The minimum atomic E-state index is -1.14. The first kappa shape index (κ1) is 17.5. The van der Waals surface area contributed by atoms with Crippen molar-refractivity contribution >= 4 is 40.9 Å². The minimum absolute atomic E-state index is 0.0472. The molecule has 23 heavy (non-hydrogen) atoms. The Labute approximate surface area is 143 Å². The van der Waals surface area contributed by atoms with E-state index in [2.05, 4.69) is 4.99 Å². The van der Waals surface area contributed by atoms with Gasteiger partial charge in [-0.05, 0) is 25.5 Å². The third-order valence-corrected chi connectivity index (χ3v) is 4.76. The minimum Gasteiger partial charge on any atom is -0.481 e. The van der Waals surface area contributed by atoms with Gasteiger partial charge in [-0.2, -0.15) is 0 Å². The van der Waals surface area contributed by atoms with Crippen LogP contribution in [-0.2, 0) is 9.59 Å². The Bertz CT molecular complexity index is 740. The smallest absolute Gasteiger partial charge is 0.334 e. The molecule has 1 aromatic rings. The van der Waals surface area contributed by atoms with E-state index in [1.54, 1.807) is 32.0 Å². The molecule has 1 aliphatic heterocycles. The molecule has 0 amide bonds. The van der Waals surface area contributed by atoms with Gasteiger partial charge in [0.15, 0.2) is 0 Å². The largest absolute Gasteiger partial charge is 0.481 e. The molecular formula is C16H15Cl2NO4. The summed E-state index contributed by atoms with van der Waals surface area (Å²) in [5.41, 5.74) is 1.45. The van der Waals surface area contributed by atoms with Crippen LogP contribution in [0.25, 0.3) is 0 Å². The number of rotatable bonds is 4. The Morgan fingerprint density at radius 3 is 2.43 bits per heavy atom. The van der Waals surface area contributed by atoms with Crippen molar-refractivity contribution in [2.75, 3.05) is 0 Å². The standard InChI is InChI=1S/C16H15Cl2NO4/c1-7-10(6-12(20)21)14(13(16(22)23)8(2)19-7)9-4-3-5-11(17)15(9)18/h3-5,10,14H,6H2,1-2H3,(H,20,21)(H,22,23)/t10?,14-/m1/s1. The van der Waals surface area contributed by atoms with Crippen molar-refractivity contribution in [3.8, 4) is 0 Å². The highest BCUT2D eigenvalue weighted by atomic mass is 35.5. The molecule has 0 spiro atoms. The Hall–Kier alpha value is -1.85. The molecule has 122 valence electrons. The molecule has 0 fully saturated rings. The maximum absolute atomic E-state index is 11.7. The van der Waals surface area contributed by atoms with Crippen molar-refractivity contribution in [3.05, 3.63) is 45.1 Å². The van der Waals surface area contributed by atoms with Crippen LogP contribution in [-0.4, -0.2) is 27.9 Å². The average molecular weight is 356 g/mol. The van der Waals surface area contributed by atoms with Crippen LogP contribution in [0.1, 0.15) is 31.7 Å². The highest BCUT2D eigenvalue weighted by molar-refractivity contribution is 6.42. The predicted molar refractivity (Wildman–Crippen MR) is 88.4 cm³/mol. The van der Waals surface area contributed by atoms with Gasteiger partial charge in [0.25, 0.3) is 0 Å². The van der Waals surface area contributed by atoms with E-state index < -0.39 is 23.8 Å². The van der Waals surface area contributed by atoms with Crippen LogP contribution in [0, 0.1) is 5.92 Å². The van der Waals surface area contributed by atoms with E-state index in [9.17, 15) is 19.8 Å². The number of hydrogen-bond donors (Lipinski definition) is 2. The molecule has 0 bridgehead atoms. The van der Waals surface area contributed by atoms with E-state index in [1.807, 2.05) is 0 Å². The first-order valence-electron chi connectivity index (χ1n) is 6.89. The van der Waals surface area contributed by atoms with Crippen LogP contribution in [0.15, 0.2) is 34.5 Å². The molecule has 1 aromatic carbocycles. The lowest BCUT2D eigenvalue weighted by atomic mass is 9.74. The number of aliphatic carboxylic acids is 2. The molecule has 2 N–H and O–H groups in total. The van der Waals surface area contributed by atoms with E-state index in [1.165, 1.54) is 0 Å². The second-order valence-corrected chi connectivity index (χ2v) is 6.17. The predicted octanol–water partition coefficient (Wildman–Crippen LogP) is 4.00. The monoisotopic (exact) mass is 355 g/mol. The molecule has 0 saturated heterocycles. The van der Waals surface area contributed by atoms with Gasteiger partial charge in [-0.1, -0.05) is 35.3 Å². The summed E-state index contributed by atoms with van der Waals surface area (Å²) in [6, 6.07) is 4.93. The first-order chi connectivity index (χ1) is 10.7. The average Bonchev–Trinajstić information content (AvgIpc) is 2.44. The van der Waals surface area contributed by atoms with Crippen LogP contribution in [0.2, 0.25) is 10.0 Å². The molecule has 0 saturated carbocycles. The van der Waals surface area contributed by atoms with E-state index in [4.69, 9.17) is 23.2 Å². The molecule has 7 heteroatoms. The number of halogens is 2. The summed E-state index contributed by atoms with van der Waals surface area (Å²) in [5.74, 6) is -3.49. The highest BCUT2D eigenvalue weighted by Gasteiger charge is 2.39. The normalized spacial score (nSPS) is 21.1. The molecule has 0 aromatic heterocycles. The molecule has 1 aliphatic rings. The molecule has 2 atom stereocenters. The van der Waals surface area contributed by atoms with Gasteiger partial charge in [-0.3, -0.25) is 9.79 Å². The lowest BCUT2D eigenvalue weighted by Gasteiger charge is -2.32. The molecule has 0 aliphatic carbocycles. The van der Waals surface area contributed by atoms with Gasteiger partial charge in [0.2, 0.25) is 0 Å². The lowest BCUT2D eigenvalue weighted by Crippen LogP contribution is -2.31. The molecule has 0 radical (unpaired) electrons. The maximum Gasteiger partial charge on any atom is 0.334 e. The molecule has 2 rings (SSSR count). The van der Waals surface area contributed by atoms with Crippen molar-refractivity contribution in [1.29, 1.82) is 0 Å². The summed E-state index contributed by atoms with van der Waals surface area (Å²) in [4.78, 5) is 27.2. The summed E-state index contributed by atoms with van der Waals surface area (Å²) >= 11 is 12.3. The Morgan fingerprint density at radius 2 is 1.87 bits per heavy atom. The maximum atomic E-state index is 11.7. The van der Waals surface area contributed by atoms with Gasteiger partial charge in [0.1, 0.15) is 0 Å². The SMILES string of the molecule is CC1=NC(C)=C(C(=O)O)[C@H](c2cccc(Cl)c2Cl)C1CC(=O)O. The number of hydrogen-bond acceptors (Lipinski definition) is 3. The summed E-state index contributed by atoms with van der Waals surface area (Å²) in [5, 5.41) is 19.3. The highest BCUT2D eigenvalue weighted by Crippen LogP contribution is 2.44. The van der Waals surface area contributed by atoms with Crippen LogP contribution < -0.4 is 0 Å². The van der Waals surface area contributed by atoms with Crippen molar-refractivity contribution in [2.24, 2.45) is 10.9 Å². The second-order valence-electron chi connectivity index (χ2n) is 5.38. The summed E-state index contributed by atoms with van der Waals surface area (Å²) in [7, 11) is 0. The van der Waals surface area contributed by atoms with Crippen molar-refractivity contribution in [1.82, 2.24) is 0 Å². The molecule has 1 unspecified atom stereocenters.